The van der Waals surface area contributed by atoms with Crippen molar-refractivity contribution in [1.29, 1.82) is 0 Å². The molecule has 0 amide bonds. The van der Waals surface area contributed by atoms with Crippen LogP contribution in [-0.4, -0.2) is 26.4 Å². The summed E-state index contributed by atoms with van der Waals surface area (Å²) in [6, 6.07) is 0. The standard InChI is InChI=1S/C5H11NO3S/c1-2-5(3-9-4-5)10(6,7)8/h2-4H2,1H3,(H2,6,7,8). The van der Waals surface area contributed by atoms with Gasteiger partial charge in [0.25, 0.3) is 0 Å². The van der Waals surface area contributed by atoms with Crippen LogP contribution in [-0.2, 0) is 14.8 Å². The molecule has 1 rings (SSSR count). The van der Waals surface area contributed by atoms with Crippen molar-refractivity contribution in [2.45, 2.75) is 18.1 Å². The van der Waals surface area contributed by atoms with Gasteiger partial charge in [0.2, 0.25) is 10.0 Å². The second-order valence-corrected chi connectivity index (χ2v) is 4.53. The molecular formula is C5H11NO3S. The van der Waals surface area contributed by atoms with Gasteiger partial charge >= 0.3 is 0 Å². The first-order valence-electron chi connectivity index (χ1n) is 3.12. The predicted molar refractivity (Wildman–Crippen MR) is 36.9 cm³/mol. The van der Waals surface area contributed by atoms with E-state index in [0.29, 0.717) is 6.42 Å². The molecule has 0 bridgehead atoms. The van der Waals surface area contributed by atoms with E-state index in [1.165, 1.54) is 0 Å². The molecule has 5 heteroatoms. The third-order valence-corrected chi connectivity index (χ3v) is 3.71. The fraction of sp³-hybridized carbons (Fsp3) is 1.00. The van der Waals surface area contributed by atoms with Crippen molar-refractivity contribution in [1.82, 2.24) is 0 Å². The van der Waals surface area contributed by atoms with Crippen molar-refractivity contribution in [3.63, 3.8) is 0 Å². The smallest absolute Gasteiger partial charge is 0.219 e. The van der Waals surface area contributed by atoms with Crippen LogP contribution >= 0.6 is 0 Å². The highest BCUT2D eigenvalue weighted by Gasteiger charge is 2.47. The summed E-state index contributed by atoms with van der Waals surface area (Å²) in [5, 5.41) is 4.98. The summed E-state index contributed by atoms with van der Waals surface area (Å²) >= 11 is 0. The van der Waals surface area contributed by atoms with E-state index in [1.807, 2.05) is 0 Å². The monoisotopic (exact) mass is 165 g/mol. The topological polar surface area (TPSA) is 69.4 Å². The van der Waals surface area contributed by atoms with Gasteiger partial charge in [0.15, 0.2) is 0 Å². The Labute approximate surface area is 60.4 Å². The van der Waals surface area contributed by atoms with E-state index in [-0.39, 0.29) is 13.2 Å². The van der Waals surface area contributed by atoms with Crippen LogP contribution in [0.2, 0.25) is 0 Å². The number of sulfonamides is 1. The van der Waals surface area contributed by atoms with Gasteiger partial charge in [0, 0.05) is 0 Å². The molecule has 60 valence electrons. The molecule has 0 aromatic heterocycles. The maximum Gasteiger partial charge on any atom is 0.219 e. The number of rotatable bonds is 2. The lowest BCUT2D eigenvalue weighted by molar-refractivity contribution is -0.0150. The van der Waals surface area contributed by atoms with Crippen LogP contribution in [0.1, 0.15) is 13.3 Å². The quantitative estimate of drug-likeness (QED) is 0.597. The Morgan fingerprint density at radius 1 is 1.60 bits per heavy atom. The second-order valence-electron chi connectivity index (χ2n) is 2.57. The lowest BCUT2D eigenvalue weighted by atomic mass is 10.0. The van der Waals surface area contributed by atoms with Gasteiger partial charge in [0.05, 0.1) is 13.2 Å². The minimum absolute atomic E-state index is 0.252. The number of nitrogens with two attached hydrogens (primary N) is 1. The number of ether oxygens (including phenoxy) is 1. The van der Waals surface area contributed by atoms with Gasteiger partial charge in [-0.05, 0) is 6.42 Å². The molecule has 1 aliphatic rings. The zero-order valence-electron chi connectivity index (χ0n) is 5.83. The van der Waals surface area contributed by atoms with Gasteiger partial charge in [-0.15, -0.1) is 0 Å². The van der Waals surface area contributed by atoms with Crippen molar-refractivity contribution in [3.05, 3.63) is 0 Å². The van der Waals surface area contributed by atoms with Crippen LogP contribution in [0.15, 0.2) is 0 Å². The summed E-state index contributed by atoms with van der Waals surface area (Å²) in [4.78, 5) is 0. The first-order valence-corrected chi connectivity index (χ1v) is 4.66. The molecule has 1 saturated heterocycles. The fourth-order valence-corrected chi connectivity index (χ4v) is 1.80. The van der Waals surface area contributed by atoms with Crippen LogP contribution in [0, 0.1) is 0 Å². The highest BCUT2D eigenvalue weighted by Crippen LogP contribution is 2.27. The third kappa shape index (κ3) is 0.941. The molecule has 10 heavy (non-hydrogen) atoms. The largest absolute Gasteiger partial charge is 0.378 e. The van der Waals surface area contributed by atoms with Crippen LogP contribution in [0.5, 0.6) is 0 Å². The summed E-state index contributed by atoms with van der Waals surface area (Å²) in [6.07, 6.45) is 0.534. The molecule has 0 atom stereocenters. The molecular weight excluding hydrogens is 154 g/mol. The first kappa shape index (κ1) is 7.97. The number of hydrogen-bond donors (Lipinski definition) is 1. The van der Waals surface area contributed by atoms with Gasteiger partial charge < -0.3 is 4.74 Å². The molecule has 1 aliphatic heterocycles. The molecule has 4 nitrogen and oxygen atoms in total. The minimum Gasteiger partial charge on any atom is -0.378 e. The van der Waals surface area contributed by atoms with Crippen molar-refractivity contribution in [2.24, 2.45) is 5.14 Å². The van der Waals surface area contributed by atoms with E-state index in [2.05, 4.69) is 0 Å². The second kappa shape index (κ2) is 2.18. The molecule has 0 radical (unpaired) electrons. The maximum absolute atomic E-state index is 10.9. The molecule has 0 unspecified atom stereocenters. The van der Waals surface area contributed by atoms with Gasteiger partial charge in [-0.3, -0.25) is 0 Å². The van der Waals surface area contributed by atoms with Crippen LogP contribution in [0.3, 0.4) is 0 Å². The predicted octanol–water partition coefficient (Wildman–Crippen LogP) is -0.546. The SMILES string of the molecule is CCC1(S(N)(=O)=O)COC1. The Morgan fingerprint density at radius 2 is 2.10 bits per heavy atom. The molecule has 0 aliphatic carbocycles. The Morgan fingerprint density at radius 3 is 2.10 bits per heavy atom. The molecule has 1 fully saturated rings. The first-order chi connectivity index (χ1) is 4.52. The van der Waals surface area contributed by atoms with Crippen molar-refractivity contribution < 1.29 is 13.2 Å². The molecule has 0 aromatic rings. The molecule has 0 aromatic carbocycles. The summed E-state index contributed by atoms with van der Waals surface area (Å²) in [5.74, 6) is 0. The molecule has 0 saturated carbocycles. The van der Waals surface area contributed by atoms with E-state index in [0.717, 1.165) is 0 Å². The Balaban J connectivity index is 2.85. The van der Waals surface area contributed by atoms with Crippen molar-refractivity contribution in [2.75, 3.05) is 13.2 Å². The lowest BCUT2D eigenvalue weighted by Crippen LogP contribution is -2.57. The normalized spacial score (nSPS) is 23.8. The van der Waals surface area contributed by atoms with Gasteiger partial charge in [-0.1, -0.05) is 6.92 Å². The summed E-state index contributed by atoms with van der Waals surface area (Å²) < 4.78 is 25.8. The molecule has 0 spiro atoms. The van der Waals surface area contributed by atoms with E-state index >= 15 is 0 Å². The summed E-state index contributed by atoms with van der Waals surface area (Å²) in [7, 11) is -3.40. The third-order valence-electron chi connectivity index (χ3n) is 1.98. The fourth-order valence-electron chi connectivity index (χ4n) is 0.899. The highest BCUT2D eigenvalue weighted by atomic mass is 32.2. The molecule has 1 heterocycles. The summed E-state index contributed by atoms with van der Waals surface area (Å²) in [5.41, 5.74) is 0. The lowest BCUT2D eigenvalue weighted by Gasteiger charge is -2.37. The average molecular weight is 165 g/mol. The van der Waals surface area contributed by atoms with E-state index in [4.69, 9.17) is 9.88 Å². The minimum atomic E-state index is -3.40. The zero-order valence-corrected chi connectivity index (χ0v) is 6.65. The van der Waals surface area contributed by atoms with E-state index in [9.17, 15) is 8.42 Å². The van der Waals surface area contributed by atoms with Crippen molar-refractivity contribution in [3.8, 4) is 0 Å². The van der Waals surface area contributed by atoms with Gasteiger partial charge in [0.1, 0.15) is 4.75 Å². The van der Waals surface area contributed by atoms with Crippen LogP contribution in [0.4, 0.5) is 0 Å². The highest BCUT2D eigenvalue weighted by molar-refractivity contribution is 7.90. The van der Waals surface area contributed by atoms with Crippen molar-refractivity contribution >= 4 is 10.0 Å². The Hall–Kier alpha value is -0.130. The van der Waals surface area contributed by atoms with E-state index in [1.54, 1.807) is 6.92 Å². The average Bonchev–Trinajstić information content (AvgIpc) is 1.58. The zero-order chi connectivity index (χ0) is 7.83. The number of primary sulfonamides is 1. The van der Waals surface area contributed by atoms with Gasteiger partial charge in [-0.2, -0.15) is 0 Å². The maximum atomic E-state index is 10.9. The molecule has 2 N–H and O–H groups in total. The van der Waals surface area contributed by atoms with Gasteiger partial charge in [-0.25, -0.2) is 13.6 Å². The summed E-state index contributed by atoms with van der Waals surface area (Å²) in [6.45, 7) is 2.30. The van der Waals surface area contributed by atoms with Crippen LogP contribution in [0.25, 0.3) is 0 Å². The van der Waals surface area contributed by atoms with E-state index < -0.39 is 14.8 Å². The van der Waals surface area contributed by atoms with Crippen LogP contribution < -0.4 is 5.14 Å². The Kier molecular flexibility index (Phi) is 1.74. The Bertz CT molecular complexity index is 212. The number of hydrogen-bond acceptors (Lipinski definition) is 3.